The average Bonchev–Trinajstić information content (AvgIpc) is 2.92. The fraction of sp³-hybridized carbons (Fsp3) is 0.889. The lowest BCUT2D eigenvalue weighted by molar-refractivity contribution is 0.370. The van der Waals surface area contributed by atoms with Gasteiger partial charge in [-0.05, 0) is 57.8 Å². The molecule has 0 bridgehead atoms. The maximum Gasteiger partial charge on any atom is 0.325 e. The van der Waals surface area contributed by atoms with E-state index >= 15 is 0 Å². The Kier molecular flexibility index (Phi) is 32.8. The van der Waals surface area contributed by atoms with Crippen LogP contribution in [-0.4, -0.2) is 15.9 Å². The van der Waals surface area contributed by atoms with Gasteiger partial charge in [0.05, 0.1) is 0 Å². The predicted octanol–water partition coefficient (Wildman–Crippen LogP) is 13.0. The third-order valence-corrected chi connectivity index (χ3v) is 9.02. The molecule has 0 atom stereocenters. The number of rotatable bonds is 33. The Morgan fingerprint density at radius 1 is 0.375 bits per heavy atom. The maximum absolute atomic E-state index is 10.8. The van der Waals surface area contributed by atoms with Gasteiger partial charge in [0.1, 0.15) is 0 Å². The van der Waals surface area contributed by atoms with E-state index in [1.165, 1.54) is 173 Å². The Bertz CT molecular complexity index is 581. The van der Waals surface area contributed by atoms with Gasteiger partial charge in [-0.25, -0.2) is 0 Å². The predicted molar refractivity (Wildman–Crippen MR) is 179 cm³/mol. The van der Waals surface area contributed by atoms with Crippen molar-refractivity contribution in [3.8, 4) is 0 Å². The number of unbranched alkanes of at least 4 members (excludes halogenated alkanes) is 27. The largest absolute Gasteiger partial charge is 0.325 e. The normalized spacial score (nSPS) is 12.4. The third kappa shape index (κ3) is 37.6. The van der Waals surface area contributed by atoms with Gasteiger partial charge in [0.15, 0.2) is 0 Å². The van der Waals surface area contributed by atoms with Crippen LogP contribution < -0.4 is 0 Å². The smallest absolute Gasteiger partial charge is 0.324 e. The highest BCUT2D eigenvalue weighted by atomic mass is 31.2. The van der Waals surface area contributed by atoms with E-state index in [1.807, 2.05) is 0 Å². The van der Waals surface area contributed by atoms with Crippen molar-refractivity contribution in [3.63, 3.8) is 0 Å². The molecule has 0 heterocycles. The lowest BCUT2D eigenvalue weighted by atomic mass is 10.0. The lowest BCUT2D eigenvalue weighted by Crippen LogP contribution is -1.88. The van der Waals surface area contributed by atoms with E-state index in [0.717, 1.165) is 12.8 Å². The third-order valence-electron chi connectivity index (χ3n) is 8.12. The summed E-state index contributed by atoms with van der Waals surface area (Å²) in [5.74, 6) is 0. The molecule has 0 fully saturated rings. The van der Waals surface area contributed by atoms with Crippen molar-refractivity contribution in [2.75, 3.05) is 6.16 Å². The summed E-state index contributed by atoms with van der Waals surface area (Å²) in [6.07, 6.45) is 49.3. The second kappa shape index (κ2) is 33.1. The SMILES string of the molecule is CCCCCCCCC=CCCCCCCCCCCCCCCCCC=CCCCCCCCCP(=O)(O)O. The zero-order valence-corrected chi connectivity index (χ0v) is 27.9. The summed E-state index contributed by atoms with van der Waals surface area (Å²) in [6.45, 7) is 2.29. The first kappa shape index (κ1) is 39.6. The summed E-state index contributed by atoms with van der Waals surface area (Å²) in [5, 5.41) is 0. The molecular weight excluding hydrogens is 511 g/mol. The molecule has 0 unspecified atom stereocenters. The molecule has 0 amide bonds. The Hall–Kier alpha value is -0.370. The van der Waals surface area contributed by atoms with E-state index in [1.54, 1.807) is 0 Å². The highest BCUT2D eigenvalue weighted by Gasteiger charge is 2.10. The second-order valence-electron chi connectivity index (χ2n) is 12.3. The van der Waals surface area contributed by atoms with Gasteiger partial charge >= 0.3 is 7.60 Å². The van der Waals surface area contributed by atoms with Crippen molar-refractivity contribution >= 4 is 7.60 Å². The Balaban J connectivity index is 3.14. The quantitative estimate of drug-likeness (QED) is 0.0459. The zero-order valence-electron chi connectivity index (χ0n) is 27.0. The minimum atomic E-state index is -3.78. The molecule has 3 nitrogen and oxygen atoms in total. The fourth-order valence-corrected chi connectivity index (χ4v) is 6.08. The molecule has 0 aromatic heterocycles. The van der Waals surface area contributed by atoms with E-state index in [0.29, 0.717) is 6.42 Å². The van der Waals surface area contributed by atoms with Crippen LogP contribution in [0, 0.1) is 0 Å². The van der Waals surface area contributed by atoms with E-state index < -0.39 is 7.60 Å². The first-order valence-electron chi connectivity index (χ1n) is 17.9. The van der Waals surface area contributed by atoms with Gasteiger partial charge in [-0.15, -0.1) is 0 Å². The van der Waals surface area contributed by atoms with E-state index in [4.69, 9.17) is 9.79 Å². The van der Waals surface area contributed by atoms with Gasteiger partial charge in [-0.3, -0.25) is 4.57 Å². The summed E-state index contributed by atoms with van der Waals surface area (Å²) >= 11 is 0. The maximum atomic E-state index is 10.8. The van der Waals surface area contributed by atoms with Gasteiger partial charge in [-0.2, -0.15) is 0 Å². The van der Waals surface area contributed by atoms with Crippen LogP contribution in [0.1, 0.15) is 200 Å². The average molecular weight is 583 g/mol. The minimum absolute atomic E-state index is 0.0496. The van der Waals surface area contributed by atoms with Crippen LogP contribution in [0.2, 0.25) is 0 Å². The van der Waals surface area contributed by atoms with Crippen molar-refractivity contribution in [1.29, 1.82) is 0 Å². The van der Waals surface area contributed by atoms with Crippen molar-refractivity contribution in [2.45, 2.75) is 200 Å². The standard InChI is InChI=1S/C36H71O3P/c1-2-3-4-5-6-7-8-9-10-11-12-13-14-15-16-17-18-19-20-21-22-23-24-25-26-27-28-29-30-31-32-33-34-35-36-40(37,38)39/h9-10,27-28H,2-8,11-26,29-36H2,1H3,(H2,37,38,39). The van der Waals surface area contributed by atoms with Gasteiger partial charge in [-0.1, -0.05) is 166 Å². The Morgan fingerprint density at radius 2 is 0.600 bits per heavy atom. The molecule has 0 radical (unpaired) electrons. The Morgan fingerprint density at radius 3 is 0.850 bits per heavy atom. The van der Waals surface area contributed by atoms with Crippen LogP contribution >= 0.6 is 7.60 Å². The molecule has 0 saturated heterocycles. The van der Waals surface area contributed by atoms with Crippen LogP contribution in [0.3, 0.4) is 0 Å². The zero-order chi connectivity index (χ0) is 29.2. The van der Waals surface area contributed by atoms with Crippen molar-refractivity contribution < 1.29 is 14.4 Å². The molecule has 0 saturated carbocycles. The summed E-state index contributed by atoms with van der Waals surface area (Å²) in [4.78, 5) is 17.7. The van der Waals surface area contributed by atoms with Crippen molar-refractivity contribution in [3.05, 3.63) is 24.3 Å². The molecule has 0 aromatic rings. The molecule has 40 heavy (non-hydrogen) atoms. The van der Waals surface area contributed by atoms with Crippen molar-refractivity contribution in [1.82, 2.24) is 0 Å². The summed E-state index contributed by atoms with van der Waals surface area (Å²) in [7, 11) is -3.78. The molecule has 0 aliphatic carbocycles. The van der Waals surface area contributed by atoms with Gasteiger partial charge < -0.3 is 9.79 Å². The molecular formula is C36H71O3P. The van der Waals surface area contributed by atoms with Crippen molar-refractivity contribution in [2.24, 2.45) is 0 Å². The lowest BCUT2D eigenvalue weighted by Gasteiger charge is -2.03. The topological polar surface area (TPSA) is 57.5 Å². The molecule has 2 N–H and O–H groups in total. The summed E-state index contributed by atoms with van der Waals surface area (Å²) < 4.78 is 10.8. The van der Waals surface area contributed by atoms with Gasteiger partial charge in [0.2, 0.25) is 0 Å². The molecule has 238 valence electrons. The fourth-order valence-electron chi connectivity index (χ4n) is 5.45. The molecule has 0 spiro atoms. The monoisotopic (exact) mass is 583 g/mol. The molecule has 0 rings (SSSR count). The highest BCUT2D eigenvalue weighted by molar-refractivity contribution is 7.51. The van der Waals surface area contributed by atoms with Crippen LogP contribution in [0.4, 0.5) is 0 Å². The van der Waals surface area contributed by atoms with Crippen LogP contribution in [0.25, 0.3) is 0 Å². The van der Waals surface area contributed by atoms with E-state index in [9.17, 15) is 4.57 Å². The number of allylic oxidation sites excluding steroid dienone is 4. The highest BCUT2D eigenvalue weighted by Crippen LogP contribution is 2.35. The van der Waals surface area contributed by atoms with Gasteiger partial charge in [0.25, 0.3) is 0 Å². The van der Waals surface area contributed by atoms with Crippen LogP contribution in [0.15, 0.2) is 24.3 Å². The molecule has 4 heteroatoms. The molecule has 0 aromatic carbocycles. The molecule has 0 aliphatic rings. The minimum Gasteiger partial charge on any atom is -0.324 e. The summed E-state index contributed by atoms with van der Waals surface area (Å²) in [5.41, 5.74) is 0. The number of hydrogen-bond acceptors (Lipinski definition) is 1. The Labute approximate surface area is 251 Å². The van der Waals surface area contributed by atoms with Crippen LogP contribution in [-0.2, 0) is 4.57 Å². The van der Waals surface area contributed by atoms with E-state index in [-0.39, 0.29) is 6.16 Å². The van der Waals surface area contributed by atoms with E-state index in [2.05, 4.69) is 31.2 Å². The molecule has 0 aliphatic heterocycles. The van der Waals surface area contributed by atoms with Crippen LogP contribution in [0.5, 0.6) is 0 Å². The second-order valence-corrected chi connectivity index (χ2v) is 14.1. The summed E-state index contributed by atoms with van der Waals surface area (Å²) in [6, 6.07) is 0. The van der Waals surface area contributed by atoms with Gasteiger partial charge in [0, 0.05) is 6.16 Å². The first-order chi connectivity index (χ1) is 19.6. The first-order valence-corrected chi connectivity index (χ1v) is 19.7. The number of hydrogen-bond donors (Lipinski definition) is 2.